The van der Waals surface area contributed by atoms with Gasteiger partial charge in [-0.3, -0.25) is 0 Å². The van der Waals surface area contributed by atoms with Gasteiger partial charge < -0.3 is 20.3 Å². The predicted molar refractivity (Wildman–Crippen MR) is 78.8 cm³/mol. The van der Waals surface area contributed by atoms with Crippen molar-refractivity contribution in [3.05, 3.63) is 30.1 Å². The van der Waals surface area contributed by atoms with Crippen LogP contribution in [0.25, 0.3) is 0 Å². The van der Waals surface area contributed by atoms with Crippen LogP contribution in [0.1, 0.15) is 32.1 Å². The maximum Gasteiger partial charge on any atom is 0.165 e. The second-order valence-electron chi connectivity index (χ2n) is 5.81. The van der Waals surface area contributed by atoms with Gasteiger partial charge in [-0.05, 0) is 25.0 Å². The highest BCUT2D eigenvalue weighted by Crippen LogP contribution is 2.27. The molecule has 1 unspecified atom stereocenters. The standard InChI is InChI=1S/C16H24FNO3/c17-14-6-2-3-7-15(14)21-11-13(19)10-18-12-16(20)8-4-1-5-9-16/h2-3,6-7,13,18-20H,1,4-5,8-12H2. The monoisotopic (exact) mass is 297 g/mol. The van der Waals surface area contributed by atoms with Gasteiger partial charge in [-0.25, -0.2) is 4.39 Å². The molecule has 1 fully saturated rings. The summed E-state index contributed by atoms with van der Waals surface area (Å²) in [5, 5.41) is 23.2. The van der Waals surface area contributed by atoms with Crippen LogP contribution in [-0.4, -0.2) is 41.6 Å². The Balaban J connectivity index is 1.65. The Bertz CT molecular complexity index is 435. The minimum Gasteiger partial charge on any atom is -0.488 e. The molecule has 1 aromatic carbocycles. The number of rotatable bonds is 7. The summed E-state index contributed by atoms with van der Waals surface area (Å²) >= 11 is 0. The smallest absolute Gasteiger partial charge is 0.165 e. The van der Waals surface area contributed by atoms with E-state index in [9.17, 15) is 14.6 Å². The lowest BCUT2D eigenvalue weighted by Gasteiger charge is -2.32. The molecule has 118 valence electrons. The predicted octanol–water partition coefficient (Wildman–Crippen LogP) is 1.85. The lowest BCUT2D eigenvalue weighted by molar-refractivity contribution is 0.00138. The molecule has 2 rings (SSSR count). The zero-order chi connectivity index (χ0) is 15.1. The molecule has 4 nitrogen and oxygen atoms in total. The van der Waals surface area contributed by atoms with E-state index in [1.807, 2.05) is 0 Å². The maximum atomic E-state index is 13.3. The molecule has 21 heavy (non-hydrogen) atoms. The first kappa shape index (κ1) is 16.2. The number of hydrogen-bond donors (Lipinski definition) is 3. The van der Waals surface area contributed by atoms with E-state index in [2.05, 4.69) is 5.32 Å². The third kappa shape index (κ3) is 5.26. The van der Waals surface area contributed by atoms with Gasteiger partial charge in [0.25, 0.3) is 0 Å². The summed E-state index contributed by atoms with van der Waals surface area (Å²) < 4.78 is 18.6. The number of aliphatic hydroxyl groups excluding tert-OH is 1. The molecule has 0 radical (unpaired) electrons. The van der Waals surface area contributed by atoms with Crippen LogP contribution in [0.3, 0.4) is 0 Å². The fourth-order valence-electron chi connectivity index (χ4n) is 2.66. The number of halogens is 1. The van der Waals surface area contributed by atoms with E-state index in [4.69, 9.17) is 4.74 Å². The highest BCUT2D eigenvalue weighted by molar-refractivity contribution is 5.23. The minimum absolute atomic E-state index is 0.0202. The van der Waals surface area contributed by atoms with E-state index < -0.39 is 17.5 Å². The molecule has 1 atom stereocenters. The van der Waals surface area contributed by atoms with E-state index in [-0.39, 0.29) is 12.4 Å². The van der Waals surface area contributed by atoms with E-state index in [0.29, 0.717) is 13.1 Å². The van der Waals surface area contributed by atoms with Crippen molar-refractivity contribution >= 4 is 0 Å². The van der Waals surface area contributed by atoms with Crippen molar-refractivity contribution in [2.75, 3.05) is 19.7 Å². The van der Waals surface area contributed by atoms with Crippen LogP contribution in [0.2, 0.25) is 0 Å². The van der Waals surface area contributed by atoms with Crippen molar-refractivity contribution in [3.8, 4) is 5.75 Å². The Hall–Kier alpha value is -1.17. The topological polar surface area (TPSA) is 61.7 Å². The molecule has 1 aromatic rings. The fraction of sp³-hybridized carbons (Fsp3) is 0.625. The molecule has 0 amide bonds. The van der Waals surface area contributed by atoms with E-state index in [0.717, 1.165) is 25.7 Å². The lowest BCUT2D eigenvalue weighted by Crippen LogP contribution is -2.44. The van der Waals surface area contributed by atoms with Crippen molar-refractivity contribution in [1.29, 1.82) is 0 Å². The van der Waals surface area contributed by atoms with Crippen molar-refractivity contribution in [2.45, 2.75) is 43.8 Å². The quantitative estimate of drug-likeness (QED) is 0.719. The molecule has 1 saturated carbocycles. The van der Waals surface area contributed by atoms with Crippen molar-refractivity contribution in [2.24, 2.45) is 0 Å². The summed E-state index contributed by atoms with van der Waals surface area (Å²) in [5.41, 5.74) is -0.648. The van der Waals surface area contributed by atoms with Crippen LogP contribution in [0.4, 0.5) is 4.39 Å². The average Bonchev–Trinajstić information content (AvgIpc) is 2.47. The molecular weight excluding hydrogens is 273 g/mol. The van der Waals surface area contributed by atoms with E-state index in [1.54, 1.807) is 12.1 Å². The molecule has 0 saturated heterocycles. The van der Waals surface area contributed by atoms with Crippen molar-refractivity contribution < 1.29 is 19.3 Å². The molecular formula is C16H24FNO3. The number of para-hydroxylation sites is 1. The minimum atomic E-state index is -0.739. The van der Waals surface area contributed by atoms with Crippen LogP contribution < -0.4 is 10.1 Å². The zero-order valence-corrected chi connectivity index (χ0v) is 12.2. The van der Waals surface area contributed by atoms with Gasteiger partial charge in [-0.2, -0.15) is 0 Å². The van der Waals surface area contributed by atoms with Gasteiger partial charge in [-0.1, -0.05) is 31.4 Å². The number of aliphatic hydroxyl groups is 2. The SMILES string of the molecule is OC(CNCC1(O)CCCCC1)COc1ccccc1F. The van der Waals surface area contributed by atoms with Gasteiger partial charge in [0.15, 0.2) is 11.6 Å². The van der Waals surface area contributed by atoms with Crippen LogP contribution in [0.15, 0.2) is 24.3 Å². The van der Waals surface area contributed by atoms with Crippen LogP contribution >= 0.6 is 0 Å². The molecule has 0 aromatic heterocycles. The largest absolute Gasteiger partial charge is 0.488 e. The molecule has 3 N–H and O–H groups in total. The summed E-state index contributed by atoms with van der Waals surface area (Å²) in [6.07, 6.45) is 4.16. The van der Waals surface area contributed by atoms with Gasteiger partial charge in [0.05, 0.1) is 5.60 Å². The third-order valence-electron chi connectivity index (χ3n) is 3.89. The molecule has 5 heteroatoms. The van der Waals surface area contributed by atoms with E-state index in [1.165, 1.54) is 18.6 Å². The highest BCUT2D eigenvalue weighted by atomic mass is 19.1. The Labute approximate surface area is 124 Å². The van der Waals surface area contributed by atoms with Gasteiger partial charge in [-0.15, -0.1) is 0 Å². The first-order valence-electron chi connectivity index (χ1n) is 7.58. The molecule has 0 heterocycles. The molecule has 0 bridgehead atoms. The number of benzene rings is 1. The number of nitrogens with one attached hydrogen (secondary N) is 1. The Morgan fingerprint density at radius 2 is 1.95 bits per heavy atom. The first-order valence-corrected chi connectivity index (χ1v) is 7.58. The Kier molecular flexibility index (Phi) is 5.96. The Morgan fingerprint density at radius 1 is 1.24 bits per heavy atom. The maximum absolute atomic E-state index is 13.3. The van der Waals surface area contributed by atoms with Crippen molar-refractivity contribution in [3.63, 3.8) is 0 Å². The van der Waals surface area contributed by atoms with Crippen molar-refractivity contribution in [1.82, 2.24) is 5.32 Å². The second kappa shape index (κ2) is 7.73. The molecule has 1 aliphatic rings. The highest BCUT2D eigenvalue weighted by Gasteiger charge is 2.28. The summed E-state index contributed by atoms with van der Waals surface area (Å²) in [6.45, 7) is 0.812. The summed E-state index contributed by atoms with van der Waals surface area (Å²) in [5.74, 6) is -0.295. The van der Waals surface area contributed by atoms with Gasteiger partial charge in [0, 0.05) is 13.1 Å². The molecule has 1 aliphatic carbocycles. The summed E-state index contributed by atoms with van der Waals surface area (Å²) in [4.78, 5) is 0. The number of ether oxygens (including phenoxy) is 1. The average molecular weight is 297 g/mol. The number of hydrogen-bond acceptors (Lipinski definition) is 4. The lowest BCUT2D eigenvalue weighted by atomic mass is 9.85. The molecule has 0 aliphatic heterocycles. The van der Waals surface area contributed by atoms with Gasteiger partial charge >= 0.3 is 0 Å². The summed E-state index contributed by atoms with van der Waals surface area (Å²) in [6, 6.07) is 6.12. The summed E-state index contributed by atoms with van der Waals surface area (Å²) in [7, 11) is 0. The third-order valence-corrected chi connectivity index (χ3v) is 3.89. The first-order chi connectivity index (χ1) is 10.1. The van der Waals surface area contributed by atoms with Gasteiger partial charge in [0.1, 0.15) is 12.7 Å². The Morgan fingerprint density at radius 3 is 2.67 bits per heavy atom. The van der Waals surface area contributed by atoms with Crippen LogP contribution in [0, 0.1) is 5.82 Å². The normalized spacial score (nSPS) is 19.2. The fourth-order valence-corrected chi connectivity index (χ4v) is 2.66. The van der Waals surface area contributed by atoms with Gasteiger partial charge in [0.2, 0.25) is 0 Å². The van der Waals surface area contributed by atoms with Crippen LogP contribution in [-0.2, 0) is 0 Å². The second-order valence-corrected chi connectivity index (χ2v) is 5.81. The molecule has 0 spiro atoms. The van der Waals surface area contributed by atoms with E-state index >= 15 is 0 Å². The zero-order valence-electron chi connectivity index (χ0n) is 12.2. The van der Waals surface area contributed by atoms with Crippen LogP contribution in [0.5, 0.6) is 5.75 Å².